The number of ether oxygens (including phenoxy) is 2. The number of aryl methyl sites for hydroxylation is 1. The standard InChI is InChI=1S/C14H26N4O2/c1-3-8-18-14(13(19-2)10-16-18)12(17-15)7-6-11-5-4-9-20-11/h10-12,17H,3-9,15H2,1-2H3. The van der Waals surface area contributed by atoms with Crippen molar-refractivity contribution in [2.45, 2.75) is 57.7 Å². The van der Waals surface area contributed by atoms with Gasteiger partial charge in [0, 0.05) is 13.2 Å². The molecule has 1 aliphatic heterocycles. The largest absolute Gasteiger partial charge is 0.493 e. The van der Waals surface area contributed by atoms with Gasteiger partial charge in [-0.1, -0.05) is 6.92 Å². The number of hydrogen-bond acceptors (Lipinski definition) is 5. The summed E-state index contributed by atoms with van der Waals surface area (Å²) >= 11 is 0. The van der Waals surface area contributed by atoms with Gasteiger partial charge in [-0.3, -0.25) is 16.0 Å². The molecule has 3 N–H and O–H groups in total. The molecule has 2 rings (SSSR count). The van der Waals surface area contributed by atoms with Crippen LogP contribution in [-0.2, 0) is 11.3 Å². The lowest BCUT2D eigenvalue weighted by atomic mass is 10.0. The zero-order valence-electron chi connectivity index (χ0n) is 12.5. The van der Waals surface area contributed by atoms with Crippen LogP contribution in [0, 0.1) is 0 Å². The molecule has 1 aliphatic rings. The molecule has 0 radical (unpaired) electrons. The summed E-state index contributed by atoms with van der Waals surface area (Å²) in [7, 11) is 1.67. The Morgan fingerprint density at radius 2 is 2.50 bits per heavy atom. The van der Waals surface area contributed by atoms with Crippen LogP contribution >= 0.6 is 0 Å². The number of hydrogen-bond donors (Lipinski definition) is 2. The van der Waals surface area contributed by atoms with Crippen molar-refractivity contribution in [3.63, 3.8) is 0 Å². The molecule has 20 heavy (non-hydrogen) atoms. The van der Waals surface area contributed by atoms with Crippen LogP contribution in [0.25, 0.3) is 0 Å². The molecule has 1 aromatic heterocycles. The third-order valence-electron chi connectivity index (χ3n) is 3.83. The smallest absolute Gasteiger partial charge is 0.161 e. The van der Waals surface area contributed by atoms with E-state index in [4.69, 9.17) is 15.3 Å². The summed E-state index contributed by atoms with van der Waals surface area (Å²) in [5.74, 6) is 6.55. The molecule has 6 heteroatoms. The van der Waals surface area contributed by atoms with Crippen molar-refractivity contribution >= 4 is 0 Å². The summed E-state index contributed by atoms with van der Waals surface area (Å²) in [6.07, 6.45) is 7.43. The predicted molar refractivity (Wildman–Crippen MR) is 77.3 cm³/mol. The Morgan fingerprint density at radius 1 is 1.65 bits per heavy atom. The van der Waals surface area contributed by atoms with Crippen LogP contribution in [0.3, 0.4) is 0 Å². The fourth-order valence-corrected chi connectivity index (χ4v) is 2.80. The second kappa shape index (κ2) is 7.61. The fourth-order valence-electron chi connectivity index (χ4n) is 2.80. The highest BCUT2D eigenvalue weighted by Crippen LogP contribution is 2.29. The van der Waals surface area contributed by atoms with Crippen LogP contribution in [0.15, 0.2) is 6.20 Å². The molecule has 0 amide bonds. The van der Waals surface area contributed by atoms with Gasteiger partial charge in [0.1, 0.15) is 0 Å². The van der Waals surface area contributed by atoms with Gasteiger partial charge in [0.05, 0.1) is 31.1 Å². The Hall–Kier alpha value is -1.11. The first-order chi connectivity index (χ1) is 9.80. The van der Waals surface area contributed by atoms with Gasteiger partial charge in [0.2, 0.25) is 0 Å². The topological polar surface area (TPSA) is 74.3 Å². The maximum absolute atomic E-state index is 5.75. The molecule has 0 aliphatic carbocycles. The first-order valence-electron chi connectivity index (χ1n) is 7.47. The number of nitrogens with two attached hydrogens (primary N) is 1. The molecular formula is C14H26N4O2. The molecule has 2 heterocycles. The van der Waals surface area contributed by atoms with Crippen LogP contribution in [-0.4, -0.2) is 29.6 Å². The normalized spacial score (nSPS) is 20.2. The predicted octanol–water partition coefficient (Wildman–Crippen LogP) is 1.77. The van der Waals surface area contributed by atoms with E-state index in [0.29, 0.717) is 6.10 Å². The summed E-state index contributed by atoms with van der Waals surface area (Å²) in [5, 5.41) is 4.39. The maximum atomic E-state index is 5.75. The van der Waals surface area contributed by atoms with E-state index in [1.165, 1.54) is 6.42 Å². The van der Waals surface area contributed by atoms with Crippen molar-refractivity contribution in [2.75, 3.05) is 13.7 Å². The van der Waals surface area contributed by atoms with Crippen molar-refractivity contribution in [1.82, 2.24) is 15.2 Å². The third-order valence-corrected chi connectivity index (χ3v) is 3.83. The van der Waals surface area contributed by atoms with Gasteiger partial charge in [-0.15, -0.1) is 0 Å². The number of nitrogens with zero attached hydrogens (tertiary/aromatic N) is 2. The number of methoxy groups -OCH3 is 1. The summed E-state index contributed by atoms with van der Waals surface area (Å²) in [6, 6.07) is 0.0446. The molecule has 114 valence electrons. The Kier molecular flexibility index (Phi) is 5.82. The Labute approximate surface area is 120 Å². The quantitative estimate of drug-likeness (QED) is 0.561. The second-order valence-corrected chi connectivity index (χ2v) is 5.25. The Bertz CT molecular complexity index is 402. The molecule has 0 bridgehead atoms. The SMILES string of the molecule is CCCn1ncc(OC)c1C(CCC1CCCO1)NN. The number of aromatic nitrogens is 2. The van der Waals surface area contributed by atoms with Crippen LogP contribution < -0.4 is 16.0 Å². The number of rotatable bonds is 8. The molecule has 1 aromatic rings. The minimum atomic E-state index is 0.0446. The third kappa shape index (κ3) is 3.50. The molecular weight excluding hydrogens is 256 g/mol. The highest BCUT2D eigenvalue weighted by molar-refractivity contribution is 5.28. The second-order valence-electron chi connectivity index (χ2n) is 5.25. The molecule has 0 aromatic carbocycles. The lowest BCUT2D eigenvalue weighted by Gasteiger charge is -2.20. The Balaban J connectivity index is 2.06. The van der Waals surface area contributed by atoms with Crippen molar-refractivity contribution in [2.24, 2.45) is 5.84 Å². The van der Waals surface area contributed by atoms with Gasteiger partial charge < -0.3 is 9.47 Å². The molecule has 0 saturated carbocycles. The van der Waals surface area contributed by atoms with Crippen molar-refractivity contribution in [1.29, 1.82) is 0 Å². The van der Waals surface area contributed by atoms with Gasteiger partial charge in [-0.05, 0) is 32.1 Å². The first-order valence-corrected chi connectivity index (χ1v) is 7.47. The van der Waals surface area contributed by atoms with E-state index in [2.05, 4.69) is 17.4 Å². The van der Waals surface area contributed by atoms with Crippen molar-refractivity contribution in [3.05, 3.63) is 11.9 Å². The first kappa shape index (κ1) is 15.3. The van der Waals surface area contributed by atoms with E-state index >= 15 is 0 Å². The average molecular weight is 282 g/mol. The van der Waals surface area contributed by atoms with E-state index in [1.54, 1.807) is 13.3 Å². The van der Waals surface area contributed by atoms with Crippen molar-refractivity contribution < 1.29 is 9.47 Å². The molecule has 0 spiro atoms. The van der Waals surface area contributed by atoms with E-state index in [-0.39, 0.29) is 6.04 Å². The van der Waals surface area contributed by atoms with Gasteiger partial charge in [0.25, 0.3) is 0 Å². The molecule has 1 saturated heterocycles. The van der Waals surface area contributed by atoms with Crippen molar-refractivity contribution in [3.8, 4) is 5.75 Å². The lowest BCUT2D eigenvalue weighted by Crippen LogP contribution is -2.31. The highest BCUT2D eigenvalue weighted by atomic mass is 16.5. The van der Waals surface area contributed by atoms with E-state index in [9.17, 15) is 0 Å². The lowest BCUT2D eigenvalue weighted by molar-refractivity contribution is 0.0992. The van der Waals surface area contributed by atoms with Gasteiger partial charge in [0.15, 0.2) is 5.75 Å². The highest BCUT2D eigenvalue weighted by Gasteiger charge is 2.23. The summed E-state index contributed by atoms with van der Waals surface area (Å²) in [4.78, 5) is 0. The Morgan fingerprint density at radius 3 is 3.10 bits per heavy atom. The van der Waals surface area contributed by atoms with Crippen LogP contribution in [0.2, 0.25) is 0 Å². The molecule has 6 nitrogen and oxygen atoms in total. The maximum Gasteiger partial charge on any atom is 0.161 e. The molecule has 2 unspecified atom stereocenters. The zero-order chi connectivity index (χ0) is 14.4. The van der Waals surface area contributed by atoms with E-state index in [0.717, 1.165) is 50.3 Å². The van der Waals surface area contributed by atoms with Crippen LogP contribution in [0.5, 0.6) is 5.75 Å². The minimum absolute atomic E-state index is 0.0446. The summed E-state index contributed by atoms with van der Waals surface area (Å²) < 4.78 is 13.1. The monoisotopic (exact) mass is 282 g/mol. The minimum Gasteiger partial charge on any atom is -0.493 e. The average Bonchev–Trinajstić information content (AvgIpc) is 3.10. The summed E-state index contributed by atoms with van der Waals surface area (Å²) in [5.41, 5.74) is 3.94. The van der Waals surface area contributed by atoms with E-state index in [1.807, 2.05) is 4.68 Å². The van der Waals surface area contributed by atoms with Gasteiger partial charge in [-0.2, -0.15) is 5.10 Å². The molecule has 2 atom stereocenters. The van der Waals surface area contributed by atoms with Gasteiger partial charge >= 0.3 is 0 Å². The van der Waals surface area contributed by atoms with E-state index < -0.39 is 0 Å². The summed E-state index contributed by atoms with van der Waals surface area (Å²) in [6.45, 7) is 3.90. The fraction of sp³-hybridized carbons (Fsp3) is 0.786. The zero-order valence-corrected chi connectivity index (χ0v) is 12.5. The van der Waals surface area contributed by atoms with Crippen LogP contribution in [0.1, 0.15) is 50.8 Å². The molecule has 1 fully saturated rings. The van der Waals surface area contributed by atoms with Gasteiger partial charge in [-0.25, -0.2) is 0 Å². The van der Waals surface area contributed by atoms with Crippen LogP contribution in [0.4, 0.5) is 0 Å². The number of nitrogens with one attached hydrogen (secondary N) is 1. The number of hydrazine groups is 1.